The first kappa shape index (κ1) is 18.3. The van der Waals surface area contributed by atoms with Crippen LogP contribution in [0.25, 0.3) is 10.2 Å². The largest absolute Gasteiger partial charge is 0.477 e. The fourth-order valence-electron chi connectivity index (χ4n) is 2.52. The van der Waals surface area contributed by atoms with Crippen molar-refractivity contribution in [3.05, 3.63) is 55.9 Å². The third-order valence-electron chi connectivity index (χ3n) is 3.98. The highest BCUT2D eigenvalue weighted by molar-refractivity contribution is 9.10. The van der Waals surface area contributed by atoms with Crippen molar-refractivity contribution in [1.82, 2.24) is 9.55 Å². The lowest BCUT2D eigenvalue weighted by molar-refractivity contribution is -0.118. The number of carboxylic acids is 1. The van der Waals surface area contributed by atoms with E-state index >= 15 is 0 Å². The quantitative estimate of drug-likeness (QED) is 0.653. The van der Waals surface area contributed by atoms with Gasteiger partial charge in [0.05, 0.1) is 11.7 Å². The summed E-state index contributed by atoms with van der Waals surface area (Å²) in [5.41, 5.74) is 0.534. The van der Waals surface area contributed by atoms with Crippen molar-refractivity contribution in [2.75, 3.05) is 5.32 Å². The molecule has 1 aromatic carbocycles. The van der Waals surface area contributed by atoms with Gasteiger partial charge in [-0.2, -0.15) is 0 Å². The molecule has 0 aliphatic heterocycles. The van der Waals surface area contributed by atoms with Gasteiger partial charge in [-0.25, -0.2) is 9.78 Å². The van der Waals surface area contributed by atoms with E-state index in [-0.39, 0.29) is 16.2 Å². The lowest BCUT2D eigenvalue weighted by atomic mass is 10.2. The molecule has 3 aromatic rings. The Labute approximate surface area is 160 Å². The van der Waals surface area contributed by atoms with Crippen LogP contribution in [0.1, 0.15) is 28.2 Å². The van der Waals surface area contributed by atoms with E-state index in [0.29, 0.717) is 16.1 Å². The van der Waals surface area contributed by atoms with E-state index in [1.165, 1.54) is 10.9 Å². The zero-order valence-corrected chi connectivity index (χ0v) is 16.2. The molecule has 1 unspecified atom stereocenters. The maximum absolute atomic E-state index is 12.8. The first-order valence-electron chi connectivity index (χ1n) is 7.59. The summed E-state index contributed by atoms with van der Waals surface area (Å²) in [7, 11) is 0. The van der Waals surface area contributed by atoms with Crippen molar-refractivity contribution in [2.45, 2.75) is 19.9 Å². The Bertz CT molecular complexity index is 1070. The maximum Gasteiger partial charge on any atom is 0.346 e. The summed E-state index contributed by atoms with van der Waals surface area (Å²) < 4.78 is 2.10. The molecule has 0 fully saturated rings. The van der Waals surface area contributed by atoms with E-state index < -0.39 is 17.6 Å². The maximum atomic E-state index is 12.8. The van der Waals surface area contributed by atoms with Crippen LogP contribution in [-0.2, 0) is 4.79 Å². The van der Waals surface area contributed by atoms with Gasteiger partial charge >= 0.3 is 5.97 Å². The van der Waals surface area contributed by atoms with Crippen LogP contribution in [0.4, 0.5) is 5.69 Å². The monoisotopic (exact) mass is 435 g/mol. The molecule has 1 amide bonds. The minimum Gasteiger partial charge on any atom is -0.477 e. The summed E-state index contributed by atoms with van der Waals surface area (Å²) in [5.74, 6) is -1.47. The topological polar surface area (TPSA) is 101 Å². The molecule has 3 rings (SSSR count). The van der Waals surface area contributed by atoms with Crippen LogP contribution in [0, 0.1) is 6.92 Å². The number of aryl methyl sites for hydroxylation is 1. The van der Waals surface area contributed by atoms with E-state index in [0.717, 1.165) is 15.8 Å². The number of aromatic nitrogens is 2. The minimum absolute atomic E-state index is 0.0781. The van der Waals surface area contributed by atoms with Gasteiger partial charge in [-0.1, -0.05) is 15.9 Å². The predicted octanol–water partition coefficient (Wildman–Crippen LogP) is 3.43. The van der Waals surface area contributed by atoms with Gasteiger partial charge in [-0.15, -0.1) is 11.3 Å². The molecule has 1 atom stereocenters. The summed E-state index contributed by atoms with van der Waals surface area (Å²) >= 11 is 4.27. The molecule has 7 nitrogen and oxygen atoms in total. The molecule has 0 saturated heterocycles. The number of fused-ring (bicyclic) bond motifs is 1. The number of anilines is 1. The first-order valence-corrected chi connectivity index (χ1v) is 9.20. The van der Waals surface area contributed by atoms with Crippen LogP contribution in [0.2, 0.25) is 0 Å². The Balaban J connectivity index is 1.96. The molecular formula is C17H14BrN3O4S. The highest BCUT2D eigenvalue weighted by atomic mass is 79.9. The van der Waals surface area contributed by atoms with Gasteiger partial charge in [0.2, 0.25) is 5.91 Å². The van der Waals surface area contributed by atoms with Gasteiger partial charge in [-0.05, 0) is 43.7 Å². The number of carbonyl (C=O) groups excluding carboxylic acids is 1. The fraction of sp³-hybridized carbons (Fsp3) is 0.176. The Hall–Kier alpha value is -2.52. The molecule has 0 bridgehead atoms. The third-order valence-corrected chi connectivity index (χ3v) is 5.70. The second-order valence-corrected chi connectivity index (χ2v) is 7.59. The number of nitrogens with one attached hydrogen (secondary N) is 1. The Morgan fingerprint density at radius 3 is 2.58 bits per heavy atom. The summed E-state index contributed by atoms with van der Waals surface area (Å²) in [6, 6.07) is 6.25. The van der Waals surface area contributed by atoms with Crippen LogP contribution in [0.3, 0.4) is 0 Å². The number of nitrogens with zero attached hydrogens (tertiary/aromatic N) is 2. The number of carboxylic acid groups (broad SMARTS) is 1. The number of aromatic carboxylic acids is 1. The van der Waals surface area contributed by atoms with Crippen molar-refractivity contribution < 1.29 is 14.7 Å². The average molecular weight is 436 g/mol. The van der Waals surface area contributed by atoms with E-state index in [2.05, 4.69) is 26.2 Å². The normalized spacial score (nSPS) is 12.1. The highest BCUT2D eigenvalue weighted by Gasteiger charge is 2.22. The van der Waals surface area contributed by atoms with Gasteiger partial charge in [-0.3, -0.25) is 14.2 Å². The van der Waals surface area contributed by atoms with Crippen LogP contribution < -0.4 is 10.9 Å². The Kier molecular flexibility index (Phi) is 4.92. The smallest absolute Gasteiger partial charge is 0.346 e. The van der Waals surface area contributed by atoms with Crippen molar-refractivity contribution in [3.63, 3.8) is 0 Å². The van der Waals surface area contributed by atoms with Gasteiger partial charge in [0.25, 0.3) is 5.56 Å². The van der Waals surface area contributed by atoms with E-state index in [9.17, 15) is 19.5 Å². The fourth-order valence-corrected chi connectivity index (χ4v) is 3.77. The lowest BCUT2D eigenvalue weighted by Gasteiger charge is -2.15. The zero-order chi connectivity index (χ0) is 19.0. The van der Waals surface area contributed by atoms with Crippen molar-refractivity contribution in [3.8, 4) is 0 Å². The molecule has 0 aliphatic rings. The predicted molar refractivity (Wildman–Crippen MR) is 103 cm³/mol. The number of rotatable bonds is 4. The van der Waals surface area contributed by atoms with Crippen molar-refractivity contribution in [1.29, 1.82) is 0 Å². The molecule has 2 aromatic heterocycles. The molecule has 134 valence electrons. The number of amides is 1. The molecule has 0 radical (unpaired) electrons. The summed E-state index contributed by atoms with van der Waals surface area (Å²) in [4.78, 5) is 41.1. The van der Waals surface area contributed by atoms with Crippen molar-refractivity contribution in [2.24, 2.45) is 0 Å². The number of benzene rings is 1. The van der Waals surface area contributed by atoms with Crippen LogP contribution in [0.15, 0.2) is 39.9 Å². The molecule has 0 spiro atoms. The second kappa shape index (κ2) is 7.00. The molecular weight excluding hydrogens is 422 g/mol. The van der Waals surface area contributed by atoms with Gasteiger partial charge < -0.3 is 10.4 Å². The third kappa shape index (κ3) is 3.27. The Morgan fingerprint density at radius 1 is 1.31 bits per heavy atom. The lowest BCUT2D eigenvalue weighted by Crippen LogP contribution is -2.31. The standard InChI is InChI=1S/C17H14BrN3O4S/c1-8-12-15(26-13(8)17(24)25)19-7-21(16(12)23)9(2)14(22)20-11-5-3-10(18)4-6-11/h3-7,9H,1-2H3,(H,20,22)(H,24,25). The number of hydrogen-bond acceptors (Lipinski definition) is 5. The van der Waals surface area contributed by atoms with E-state index in [4.69, 9.17) is 0 Å². The Morgan fingerprint density at radius 2 is 1.96 bits per heavy atom. The summed E-state index contributed by atoms with van der Waals surface area (Å²) in [5, 5.41) is 12.2. The number of thiophene rings is 1. The van der Waals surface area contributed by atoms with E-state index in [1.54, 1.807) is 38.1 Å². The van der Waals surface area contributed by atoms with Crippen LogP contribution in [0.5, 0.6) is 0 Å². The van der Waals surface area contributed by atoms with Gasteiger partial charge in [0, 0.05) is 10.2 Å². The SMILES string of the molecule is Cc1c(C(=O)O)sc2ncn(C(C)C(=O)Nc3ccc(Br)cc3)c(=O)c12. The number of carbonyl (C=O) groups is 2. The van der Waals surface area contributed by atoms with Crippen molar-refractivity contribution >= 4 is 55.0 Å². The average Bonchev–Trinajstić information content (AvgIpc) is 2.94. The van der Waals surface area contributed by atoms with E-state index in [1.807, 2.05) is 0 Å². The molecule has 0 aliphatic carbocycles. The molecule has 9 heteroatoms. The van der Waals surface area contributed by atoms with Gasteiger partial charge in [0.15, 0.2) is 0 Å². The first-order chi connectivity index (χ1) is 12.3. The molecule has 26 heavy (non-hydrogen) atoms. The highest BCUT2D eigenvalue weighted by Crippen LogP contribution is 2.27. The summed E-state index contributed by atoms with van der Waals surface area (Å²) in [6.45, 7) is 3.16. The minimum atomic E-state index is -1.10. The zero-order valence-electron chi connectivity index (χ0n) is 13.8. The number of hydrogen-bond donors (Lipinski definition) is 2. The molecule has 2 heterocycles. The van der Waals surface area contributed by atoms with Gasteiger partial charge in [0.1, 0.15) is 15.7 Å². The number of halogens is 1. The van der Waals surface area contributed by atoms with Crippen LogP contribution >= 0.6 is 27.3 Å². The summed E-state index contributed by atoms with van der Waals surface area (Å²) in [6.07, 6.45) is 1.28. The molecule has 0 saturated carbocycles. The second-order valence-electron chi connectivity index (χ2n) is 5.67. The molecule has 2 N–H and O–H groups in total. The van der Waals surface area contributed by atoms with Crippen LogP contribution in [-0.4, -0.2) is 26.5 Å².